The smallest absolute Gasteiger partial charge is 0.410 e. The number of thiophene rings is 1. The molecule has 0 spiro atoms. The third-order valence-electron chi connectivity index (χ3n) is 3.85. The topological polar surface area (TPSA) is 102 Å². The third-order valence-corrected chi connectivity index (χ3v) is 4.92. The summed E-state index contributed by atoms with van der Waals surface area (Å²) in [5.41, 5.74) is 5.22. The van der Waals surface area contributed by atoms with Gasteiger partial charge in [0.1, 0.15) is 11.6 Å². The molecular weight excluding hydrogens is 342 g/mol. The first-order valence-electron chi connectivity index (χ1n) is 8.29. The van der Waals surface area contributed by atoms with Crippen LogP contribution in [0.1, 0.15) is 54.6 Å². The van der Waals surface area contributed by atoms with E-state index < -0.39 is 23.6 Å². The highest BCUT2D eigenvalue weighted by Crippen LogP contribution is 2.27. The van der Waals surface area contributed by atoms with Gasteiger partial charge in [-0.2, -0.15) is 0 Å². The maximum atomic E-state index is 12.7. The number of nitrogens with two attached hydrogens (primary N) is 1. The summed E-state index contributed by atoms with van der Waals surface area (Å²) in [7, 11) is 0. The van der Waals surface area contributed by atoms with Crippen molar-refractivity contribution in [3.63, 3.8) is 0 Å². The van der Waals surface area contributed by atoms with E-state index in [0.29, 0.717) is 23.5 Å². The molecule has 1 saturated heterocycles. The van der Waals surface area contributed by atoms with Crippen molar-refractivity contribution >= 4 is 34.9 Å². The third kappa shape index (κ3) is 4.94. The molecule has 25 heavy (non-hydrogen) atoms. The van der Waals surface area contributed by atoms with E-state index in [1.165, 1.54) is 16.2 Å². The van der Waals surface area contributed by atoms with Crippen LogP contribution in [0.3, 0.4) is 0 Å². The second-order valence-corrected chi connectivity index (χ2v) is 8.38. The maximum Gasteiger partial charge on any atom is 0.410 e. The van der Waals surface area contributed by atoms with Crippen LogP contribution in [0.4, 0.5) is 10.5 Å². The van der Waals surface area contributed by atoms with Crippen molar-refractivity contribution in [1.29, 1.82) is 0 Å². The highest BCUT2D eigenvalue weighted by molar-refractivity contribution is 7.14. The Kier molecular flexibility index (Phi) is 5.72. The number of nitrogens with one attached hydrogen (secondary N) is 1. The van der Waals surface area contributed by atoms with Crippen LogP contribution in [0.25, 0.3) is 0 Å². The zero-order chi connectivity index (χ0) is 18.8. The summed E-state index contributed by atoms with van der Waals surface area (Å²) in [4.78, 5) is 39.1. The van der Waals surface area contributed by atoms with Gasteiger partial charge in [0.25, 0.3) is 5.91 Å². The Balaban J connectivity index is 2.12. The average Bonchev–Trinajstić information content (AvgIpc) is 2.87. The number of rotatable bonds is 3. The molecule has 0 aromatic carbocycles. The van der Waals surface area contributed by atoms with Crippen LogP contribution in [0, 0.1) is 6.92 Å². The molecule has 138 valence electrons. The molecule has 0 radical (unpaired) electrons. The first kappa shape index (κ1) is 19.2. The van der Waals surface area contributed by atoms with E-state index in [9.17, 15) is 14.4 Å². The lowest BCUT2D eigenvalue weighted by Crippen LogP contribution is -2.51. The molecule has 0 unspecified atom stereocenters. The number of hydrogen-bond acceptors (Lipinski definition) is 5. The summed E-state index contributed by atoms with van der Waals surface area (Å²) in [5.74, 6) is -0.802. The lowest BCUT2D eigenvalue weighted by molar-refractivity contribution is -0.122. The number of primary amides is 1. The van der Waals surface area contributed by atoms with Crippen LogP contribution in [0.5, 0.6) is 0 Å². The van der Waals surface area contributed by atoms with Gasteiger partial charge in [0.05, 0.1) is 10.6 Å². The number of carbonyl (C=O) groups excluding carboxylic acids is 3. The van der Waals surface area contributed by atoms with E-state index >= 15 is 0 Å². The molecule has 0 aliphatic carbocycles. The highest BCUT2D eigenvalue weighted by Gasteiger charge is 2.35. The van der Waals surface area contributed by atoms with Crippen molar-refractivity contribution in [2.45, 2.75) is 58.6 Å². The standard InChI is InChI=1S/C17H25N3O4S/c1-10-11(9-13(25-10)14(18)21)19-15(22)12-7-5-6-8-20(12)16(23)24-17(2,3)4/h9,12H,5-8H2,1-4H3,(H2,18,21)(H,19,22)/t12-/m0/s1. The quantitative estimate of drug-likeness (QED) is 0.857. The molecule has 1 fully saturated rings. The molecule has 2 heterocycles. The van der Waals surface area contributed by atoms with Gasteiger partial charge in [-0.15, -0.1) is 11.3 Å². The SMILES string of the molecule is Cc1sc(C(N)=O)cc1NC(=O)[C@@H]1CCCCN1C(=O)OC(C)(C)C. The number of amides is 3. The van der Waals surface area contributed by atoms with Gasteiger partial charge in [-0.05, 0) is 53.0 Å². The zero-order valence-corrected chi connectivity index (χ0v) is 15.9. The Morgan fingerprint density at radius 2 is 2.00 bits per heavy atom. The summed E-state index contributed by atoms with van der Waals surface area (Å²) in [5, 5.41) is 2.82. The second kappa shape index (κ2) is 7.43. The first-order chi connectivity index (χ1) is 11.6. The van der Waals surface area contributed by atoms with Crippen LogP contribution in [-0.4, -0.2) is 41.0 Å². The fourth-order valence-electron chi connectivity index (χ4n) is 2.69. The number of ether oxygens (including phenoxy) is 1. The number of hydrogen-bond donors (Lipinski definition) is 2. The van der Waals surface area contributed by atoms with Crippen LogP contribution in [0.15, 0.2) is 6.07 Å². The van der Waals surface area contributed by atoms with Gasteiger partial charge in [0.2, 0.25) is 5.91 Å². The van der Waals surface area contributed by atoms with Gasteiger partial charge in [-0.1, -0.05) is 0 Å². The van der Waals surface area contributed by atoms with Crippen molar-refractivity contribution < 1.29 is 19.1 Å². The van der Waals surface area contributed by atoms with E-state index in [4.69, 9.17) is 10.5 Å². The minimum Gasteiger partial charge on any atom is -0.444 e. The van der Waals surface area contributed by atoms with E-state index in [0.717, 1.165) is 17.7 Å². The summed E-state index contributed by atoms with van der Waals surface area (Å²) >= 11 is 1.23. The number of aryl methyl sites for hydroxylation is 1. The average molecular weight is 367 g/mol. The molecule has 1 aliphatic heterocycles. The molecule has 1 aromatic rings. The van der Waals surface area contributed by atoms with Crippen molar-refractivity contribution in [1.82, 2.24) is 4.90 Å². The van der Waals surface area contributed by atoms with E-state index in [1.54, 1.807) is 33.8 Å². The van der Waals surface area contributed by atoms with Crippen LogP contribution < -0.4 is 11.1 Å². The van der Waals surface area contributed by atoms with Crippen molar-refractivity contribution in [3.05, 3.63) is 15.8 Å². The molecule has 2 rings (SSSR count). The Morgan fingerprint density at radius 1 is 1.32 bits per heavy atom. The molecular formula is C17H25N3O4S. The minimum atomic E-state index is -0.615. The Labute approximate surface area is 151 Å². The number of likely N-dealkylation sites (tertiary alicyclic amines) is 1. The van der Waals surface area contributed by atoms with Gasteiger partial charge in [-0.25, -0.2) is 4.79 Å². The summed E-state index contributed by atoms with van der Waals surface area (Å²) < 4.78 is 5.41. The number of piperidine rings is 1. The second-order valence-electron chi connectivity index (χ2n) is 7.12. The Bertz CT molecular complexity index is 678. The molecule has 8 heteroatoms. The Morgan fingerprint density at radius 3 is 2.56 bits per heavy atom. The zero-order valence-electron chi connectivity index (χ0n) is 15.0. The summed E-state index contributed by atoms with van der Waals surface area (Å²) in [6.45, 7) is 7.68. The molecule has 0 bridgehead atoms. The minimum absolute atomic E-state index is 0.275. The van der Waals surface area contributed by atoms with E-state index in [-0.39, 0.29) is 5.91 Å². The number of anilines is 1. The normalized spacial score (nSPS) is 17.9. The van der Waals surface area contributed by atoms with Crippen LogP contribution in [0.2, 0.25) is 0 Å². The fourth-order valence-corrected chi connectivity index (χ4v) is 3.51. The molecule has 1 aliphatic rings. The number of nitrogens with zero attached hydrogens (tertiary/aromatic N) is 1. The monoisotopic (exact) mass is 367 g/mol. The molecule has 3 N–H and O–H groups in total. The van der Waals surface area contributed by atoms with Crippen molar-refractivity contribution in [2.75, 3.05) is 11.9 Å². The summed E-state index contributed by atoms with van der Waals surface area (Å²) in [6.07, 6.45) is 1.81. The highest BCUT2D eigenvalue weighted by atomic mass is 32.1. The molecule has 1 atom stereocenters. The van der Waals surface area contributed by atoms with Gasteiger partial charge in [-0.3, -0.25) is 14.5 Å². The Hall–Kier alpha value is -2.09. The summed E-state index contributed by atoms with van der Waals surface area (Å²) in [6, 6.07) is 0.987. The maximum absolute atomic E-state index is 12.7. The lowest BCUT2D eigenvalue weighted by Gasteiger charge is -2.35. The van der Waals surface area contributed by atoms with Gasteiger partial charge in [0, 0.05) is 11.4 Å². The molecule has 7 nitrogen and oxygen atoms in total. The molecule has 0 saturated carbocycles. The van der Waals surface area contributed by atoms with E-state index in [1.807, 2.05) is 0 Å². The number of carbonyl (C=O) groups is 3. The van der Waals surface area contributed by atoms with Crippen LogP contribution in [-0.2, 0) is 9.53 Å². The van der Waals surface area contributed by atoms with Crippen LogP contribution >= 0.6 is 11.3 Å². The van der Waals surface area contributed by atoms with Gasteiger partial charge < -0.3 is 15.8 Å². The van der Waals surface area contributed by atoms with Gasteiger partial charge >= 0.3 is 6.09 Å². The molecule has 3 amide bonds. The predicted octanol–water partition coefficient (Wildman–Crippen LogP) is 2.88. The van der Waals surface area contributed by atoms with E-state index in [2.05, 4.69) is 5.32 Å². The van der Waals surface area contributed by atoms with Gasteiger partial charge in [0.15, 0.2) is 0 Å². The molecule has 1 aromatic heterocycles. The lowest BCUT2D eigenvalue weighted by atomic mass is 10.0. The predicted molar refractivity (Wildman–Crippen MR) is 96.8 cm³/mol. The fraction of sp³-hybridized carbons (Fsp3) is 0.588. The first-order valence-corrected chi connectivity index (χ1v) is 9.11. The van der Waals surface area contributed by atoms with Crippen molar-refractivity contribution in [2.24, 2.45) is 5.73 Å². The largest absolute Gasteiger partial charge is 0.444 e. The van der Waals surface area contributed by atoms with Crippen molar-refractivity contribution in [3.8, 4) is 0 Å².